The van der Waals surface area contributed by atoms with Gasteiger partial charge in [-0.15, -0.1) is 21.5 Å². The lowest BCUT2D eigenvalue weighted by Crippen LogP contribution is -2.45. The molecule has 0 spiro atoms. The summed E-state index contributed by atoms with van der Waals surface area (Å²) in [5.41, 5.74) is 4.49. The zero-order chi connectivity index (χ0) is 37.4. The summed E-state index contributed by atoms with van der Waals surface area (Å²) >= 11 is 7.87. The summed E-state index contributed by atoms with van der Waals surface area (Å²) in [5.74, 6) is 0.654. The zero-order valence-electron chi connectivity index (χ0n) is 29.7. The Balaban J connectivity index is 0.976. The number of rotatable bonds is 11. The molecule has 3 aromatic heterocycles. The number of ether oxygens (including phenoxy) is 1. The number of benzene rings is 2. The van der Waals surface area contributed by atoms with E-state index in [4.69, 9.17) is 21.3 Å². The van der Waals surface area contributed by atoms with E-state index in [-0.39, 0.29) is 49.8 Å². The van der Waals surface area contributed by atoms with Crippen LogP contribution in [0, 0.1) is 27.7 Å². The van der Waals surface area contributed by atoms with Gasteiger partial charge in [0.1, 0.15) is 28.7 Å². The Morgan fingerprint density at radius 1 is 1.02 bits per heavy atom. The van der Waals surface area contributed by atoms with Gasteiger partial charge in [-0.3, -0.25) is 38.6 Å². The average molecular weight is 756 g/mol. The lowest BCUT2D eigenvalue weighted by molar-refractivity contribution is -0.135. The topological polar surface area (TPSA) is 174 Å². The summed E-state index contributed by atoms with van der Waals surface area (Å²) in [4.78, 5) is 62.1. The average Bonchev–Trinajstić information content (AvgIpc) is 3.60. The maximum absolute atomic E-state index is 13.7. The molecule has 3 N–H and O–H groups in total. The first-order valence-electron chi connectivity index (χ1n) is 17.3. The van der Waals surface area contributed by atoms with E-state index in [0.29, 0.717) is 46.4 Å². The lowest BCUT2D eigenvalue weighted by atomic mass is 9.99. The highest BCUT2D eigenvalue weighted by atomic mass is 35.5. The van der Waals surface area contributed by atoms with Crippen molar-refractivity contribution in [3.63, 3.8) is 0 Å². The van der Waals surface area contributed by atoms with Crippen molar-refractivity contribution in [1.82, 2.24) is 34.9 Å². The number of nitrogens with one attached hydrogen (secondary N) is 3. The van der Waals surface area contributed by atoms with Gasteiger partial charge in [-0.25, -0.2) is 4.98 Å². The third kappa shape index (κ3) is 7.11. The van der Waals surface area contributed by atoms with Crippen LogP contribution >= 0.6 is 22.9 Å². The molecule has 2 aromatic carbocycles. The fourth-order valence-corrected chi connectivity index (χ4v) is 8.14. The lowest BCUT2D eigenvalue weighted by Gasteiger charge is -2.24. The maximum Gasteiger partial charge on any atom is 0.264 e. The van der Waals surface area contributed by atoms with Crippen LogP contribution in [0.3, 0.4) is 0 Å². The number of carbonyl (C=O) groups excluding carboxylic acids is 3. The highest BCUT2D eigenvalue weighted by Gasteiger charge is 2.33. The molecule has 53 heavy (non-hydrogen) atoms. The van der Waals surface area contributed by atoms with Gasteiger partial charge >= 0.3 is 0 Å². The number of thiophene rings is 1. The molecule has 0 bridgehead atoms. The summed E-state index contributed by atoms with van der Waals surface area (Å²) in [7, 11) is 0. The minimum absolute atomic E-state index is 0.0642. The second-order valence-electron chi connectivity index (χ2n) is 13.0. The molecule has 14 nitrogen and oxygen atoms in total. The van der Waals surface area contributed by atoms with Gasteiger partial charge in [0.2, 0.25) is 17.7 Å². The smallest absolute Gasteiger partial charge is 0.264 e. The molecule has 1 fully saturated rings. The van der Waals surface area contributed by atoms with Crippen molar-refractivity contribution in [2.24, 2.45) is 4.99 Å². The van der Waals surface area contributed by atoms with Crippen molar-refractivity contribution in [2.45, 2.75) is 59.0 Å². The number of piperidine rings is 1. The first kappa shape index (κ1) is 36.1. The SMILES string of the molecule is Cc1sc2c(c1C)C(c1ccc(Cl)cc1)=N[C@@H](CC(=O)NCCOCCNc1cccc3nc(C)n(C4CCC(=O)NC4=O)c(=O)c13)c1nnc(C)n1-2. The van der Waals surface area contributed by atoms with Gasteiger partial charge in [0.15, 0.2) is 5.82 Å². The number of nitrogens with zero attached hydrogens (tertiary/aromatic N) is 6. The first-order chi connectivity index (χ1) is 25.5. The molecule has 3 amide bonds. The monoisotopic (exact) mass is 755 g/mol. The van der Waals surface area contributed by atoms with Crippen LogP contribution in [0.25, 0.3) is 15.9 Å². The molecule has 2 aliphatic heterocycles. The Kier molecular flexibility index (Phi) is 10.2. The number of fused-ring (bicyclic) bond motifs is 4. The summed E-state index contributed by atoms with van der Waals surface area (Å²) < 4.78 is 9.17. The Labute approximate surface area is 313 Å². The number of aromatic nitrogens is 5. The van der Waals surface area contributed by atoms with E-state index in [2.05, 4.69) is 45.0 Å². The Morgan fingerprint density at radius 2 is 1.79 bits per heavy atom. The summed E-state index contributed by atoms with van der Waals surface area (Å²) in [5, 5.41) is 19.3. The molecule has 1 saturated heterocycles. The molecule has 1 unspecified atom stereocenters. The largest absolute Gasteiger partial charge is 0.382 e. The maximum atomic E-state index is 13.7. The molecular formula is C37H38ClN9O5S. The van der Waals surface area contributed by atoms with Crippen LogP contribution in [0.15, 0.2) is 52.3 Å². The molecular weight excluding hydrogens is 718 g/mol. The van der Waals surface area contributed by atoms with E-state index in [0.717, 1.165) is 33.2 Å². The van der Waals surface area contributed by atoms with E-state index < -0.39 is 18.0 Å². The van der Waals surface area contributed by atoms with Gasteiger partial charge in [-0.2, -0.15) is 0 Å². The number of halogens is 1. The van der Waals surface area contributed by atoms with E-state index in [9.17, 15) is 19.2 Å². The zero-order valence-corrected chi connectivity index (χ0v) is 31.2. The number of aliphatic imine (C=N–C) groups is 1. The van der Waals surface area contributed by atoms with E-state index in [1.54, 1.807) is 36.5 Å². The van der Waals surface area contributed by atoms with Gasteiger partial charge in [-0.1, -0.05) is 29.8 Å². The second kappa shape index (κ2) is 15.0. The molecule has 0 radical (unpaired) electrons. The van der Waals surface area contributed by atoms with E-state index in [1.165, 1.54) is 9.44 Å². The van der Waals surface area contributed by atoms with Crippen LogP contribution < -0.4 is 21.5 Å². The number of carbonyl (C=O) groups is 3. The number of hydrogen-bond donors (Lipinski definition) is 3. The van der Waals surface area contributed by atoms with Crippen molar-refractivity contribution in [3.8, 4) is 5.00 Å². The third-order valence-corrected chi connectivity index (χ3v) is 10.9. The van der Waals surface area contributed by atoms with E-state index >= 15 is 0 Å². The number of aryl methyl sites for hydroxylation is 3. The quantitative estimate of drug-likeness (QED) is 0.130. The highest BCUT2D eigenvalue weighted by Crippen LogP contribution is 2.39. The first-order valence-corrected chi connectivity index (χ1v) is 18.5. The molecule has 0 saturated carbocycles. The molecule has 16 heteroatoms. The number of hydrogen-bond acceptors (Lipinski definition) is 11. The van der Waals surface area contributed by atoms with Crippen molar-refractivity contribution < 1.29 is 19.1 Å². The molecule has 5 aromatic rings. The predicted molar refractivity (Wildman–Crippen MR) is 202 cm³/mol. The minimum atomic E-state index is -0.812. The Morgan fingerprint density at radius 3 is 2.57 bits per heavy atom. The molecule has 2 aliphatic rings. The summed E-state index contributed by atoms with van der Waals surface area (Å²) in [6.45, 7) is 8.96. The van der Waals surface area contributed by atoms with Crippen LogP contribution in [-0.4, -0.2) is 74.1 Å². The predicted octanol–water partition coefficient (Wildman–Crippen LogP) is 4.43. The molecule has 5 heterocycles. The molecule has 0 aliphatic carbocycles. The number of imide groups is 1. The standard InChI is InChI=1S/C37H38ClN9O5S/c1-19-20(2)53-37-31(19)33(23-8-10-24(38)11-9-23)42-27(34-45-44-22(4)47(34)37)18-30(49)40-15-17-52-16-14-39-25-6-5-7-26-32(25)36(51)46(21(3)41-26)28-12-13-29(48)43-35(28)50/h5-11,27-28,39H,12-18H2,1-4H3,(H,40,49)(H,43,48,50)/t27-,28?/m0/s1. The van der Waals surface area contributed by atoms with Gasteiger partial charge in [0.05, 0.1) is 36.2 Å². The molecule has 7 rings (SSSR count). The van der Waals surface area contributed by atoms with Crippen LogP contribution in [0.1, 0.15) is 70.4 Å². The van der Waals surface area contributed by atoms with Crippen molar-refractivity contribution in [2.75, 3.05) is 31.6 Å². The summed E-state index contributed by atoms with van der Waals surface area (Å²) in [6, 6.07) is 11.5. The fraction of sp³-hybridized carbons (Fsp3) is 0.351. The van der Waals surface area contributed by atoms with Gasteiger partial charge in [0.25, 0.3) is 5.56 Å². The van der Waals surface area contributed by atoms with Crippen LogP contribution in [-0.2, 0) is 19.1 Å². The van der Waals surface area contributed by atoms with Gasteiger partial charge < -0.3 is 15.4 Å². The number of anilines is 1. The van der Waals surface area contributed by atoms with Crippen molar-refractivity contribution in [1.29, 1.82) is 0 Å². The fourth-order valence-electron chi connectivity index (χ4n) is 6.80. The van der Waals surface area contributed by atoms with Crippen LogP contribution in [0.4, 0.5) is 5.69 Å². The minimum Gasteiger partial charge on any atom is -0.382 e. The van der Waals surface area contributed by atoms with Crippen LogP contribution in [0.2, 0.25) is 5.02 Å². The number of amides is 3. The Hall–Kier alpha value is -5.25. The third-order valence-electron chi connectivity index (χ3n) is 9.49. The summed E-state index contributed by atoms with van der Waals surface area (Å²) in [6.07, 6.45) is 0.443. The molecule has 274 valence electrons. The van der Waals surface area contributed by atoms with Crippen LogP contribution in [0.5, 0.6) is 0 Å². The van der Waals surface area contributed by atoms with Crippen molar-refractivity contribution in [3.05, 3.63) is 96.9 Å². The normalized spacial score (nSPS) is 16.8. The van der Waals surface area contributed by atoms with Gasteiger partial charge in [-0.05, 0) is 63.9 Å². The van der Waals surface area contributed by atoms with E-state index in [1.807, 2.05) is 35.8 Å². The highest BCUT2D eigenvalue weighted by molar-refractivity contribution is 7.15. The van der Waals surface area contributed by atoms with Gasteiger partial charge in [0, 0.05) is 46.2 Å². The van der Waals surface area contributed by atoms with Crippen molar-refractivity contribution >= 4 is 63.0 Å². The second-order valence-corrected chi connectivity index (χ2v) is 14.6. The Bertz CT molecular complexity index is 2350. The molecule has 2 atom stereocenters.